The molecule has 0 saturated heterocycles. The number of aromatic nitrogens is 2. The van der Waals surface area contributed by atoms with E-state index in [-0.39, 0.29) is 0 Å². The SMILES string of the molecule is CCNc1ccc2nc(-c3ccc(C)cc3C)cn2c1. The van der Waals surface area contributed by atoms with Gasteiger partial charge in [-0.15, -0.1) is 0 Å². The maximum absolute atomic E-state index is 4.71. The second-order valence-electron chi connectivity index (χ2n) is 5.16. The van der Waals surface area contributed by atoms with E-state index in [0.717, 1.165) is 23.6 Å². The summed E-state index contributed by atoms with van der Waals surface area (Å²) in [7, 11) is 0. The highest BCUT2D eigenvalue weighted by Gasteiger charge is 2.07. The summed E-state index contributed by atoms with van der Waals surface area (Å²) in [6, 6.07) is 10.6. The summed E-state index contributed by atoms with van der Waals surface area (Å²) in [6.45, 7) is 7.27. The van der Waals surface area contributed by atoms with Gasteiger partial charge in [0.25, 0.3) is 0 Å². The van der Waals surface area contributed by atoms with Gasteiger partial charge in [0.1, 0.15) is 5.65 Å². The van der Waals surface area contributed by atoms with Crippen molar-refractivity contribution in [3.63, 3.8) is 0 Å². The molecule has 0 aliphatic rings. The zero-order chi connectivity index (χ0) is 14.1. The second kappa shape index (κ2) is 5.00. The number of fused-ring (bicyclic) bond motifs is 1. The Hall–Kier alpha value is -2.29. The Balaban J connectivity index is 2.08. The lowest BCUT2D eigenvalue weighted by atomic mass is 10.0. The molecule has 3 nitrogen and oxygen atoms in total. The van der Waals surface area contributed by atoms with Crippen molar-refractivity contribution in [2.45, 2.75) is 20.8 Å². The predicted molar refractivity (Wildman–Crippen MR) is 84.3 cm³/mol. The molecular weight excluding hydrogens is 246 g/mol. The zero-order valence-corrected chi connectivity index (χ0v) is 12.1. The summed E-state index contributed by atoms with van der Waals surface area (Å²) in [5, 5.41) is 3.32. The van der Waals surface area contributed by atoms with E-state index in [1.165, 1.54) is 16.7 Å². The molecule has 3 aromatic rings. The molecule has 1 aromatic carbocycles. The summed E-state index contributed by atoms with van der Waals surface area (Å²) in [5.41, 5.74) is 6.86. The Morgan fingerprint density at radius 1 is 1.10 bits per heavy atom. The van der Waals surface area contributed by atoms with Crippen molar-refractivity contribution >= 4 is 11.3 Å². The Morgan fingerprint density at radius 2 is 1.95 bits per heavy atom. The first-order valence-corrected chi connectivity index (χ1v) is 6.97. The van der Waals surface area contributed by atoms with Crippen molar-refractivity contribution in [1.82, 2.24) is 9.38 Å². The molecule has 2 aromatic heterocycles. The number of hydrogen-bond acceptors (Lipinski definition) is 2. The van der Waals surface area contributed by atoms with Gasteiger partial charge in [0, 0.05) is 24.5 Å². The Bertz CT molecular complexity index is 756. The molecule has 0 amide bonds. The third-order valence-corrected chi connectivity index (χ3v) is 3.49. The molecule has 102 valence electrons. The van der Waals surface area contributed by atoms with E-state index < -0.39 is 0 Å². The van der Waals surface area contributed by atoms with Crippen LogP contribution in [-0.2, 0) is 0 Å². The van der Waals surface area contributed by atoms with Crippen LogP contribution in [0.3, 0.4) is 0 Å². The lowest BCUT2D eigenvalue weighted by molar-refractivity contribution is 1.15. The molecule has 0 spiro atoms. The van der Waals surface area contributed by atoms with Crippen molar-refractivity contribution in [3.05, 3.63) is 53.9 Å². The fourth-order valence-electron chi connectivity index (χ4n) is 2.53. The standard InChI is InChI=1S/C17H19N3/c1-4-18-14-6-8-17-19-16(11-20(17)10-14)15-7-5-12(2)9-13(15)3/h5-11,18H,4H2,1-3H3. The summed E-state index contributed by atoms with van der Waals surface area (Å²) in [6.07, 6.45) is 4.17. The largest absolute Gasteiger partial charge is 0.384 e. The van der Waals surface area contributed by atoms with Crippen molar-refractivity contribution in [2.75, 3.05) is 11.9 Å². The second-order valence-corrected chi connectivity index (χ2v) is 5.16. The lowest BCUT2D eigenvalue weighted by Crippen LogP contribution is -1.97. The molecular formula is C17H19N3. The van der Waals surface area contributed by atoms with Gasteiger partial charge in [0.15, 0.2) is 0 Å². The average molecular weight is 265 g/mol. The minimum Gasteiger partial charge on any atom is -0.384 e. The van der Waals surface area contributed by atoms with Gasteiger partial charge in [0.2, 0.25) is 0 Å². The number of hydrogen-bond donors (Lipinski definition) is 1. The normalized spacial score (nSPS) is 10.9. The fourth-order valence-corrected chi connectivity index (χ4v) is 2.53. The molecule has 3 heteroatoms. The molecule has 0 fully saturated rings. The molecule has 0 aliphatic carbocycles. The van der Waals surface area contributed by atoms with Crippen molar-refractivity contribution in [1.29, 1.82) is 0 Å². The molecule has 0 radical (unpaired) electrons. The molecule has 0 saturated carbocycles. The Labute approximate surface area is 119 Å². The van der Waals surface area contributed by atoms with Crippen LogP contribution in [0.25, 0.3) is 16.9 Å². The number of aryl methyl sites for hydroxylation is 2. The fraction of sp³-hybridized carbons (Fsp3) is 0.235. The first-order valence-electron chi connectivity index (χ1n) is 6.97. The minimum atomic E-state index is 0.921. The van der Waals surface area contributed by atoms with E-state index in [9.17, 15) is 0 Å². The quantitative estimate of drug-likeness (QED) is 0.774. The van der Waals surface area contributed by atoms with E-state index >= 15 is 0 Å². The molecule has 3 rings (SSSR count). The third kappa shape index (κ3) is 2.27. The molecule has 20 heavy (non-hydrogen) atoms. The van der Waals surface area contributed by atoms with Crippen LogP contribution in [0.2, 0.25) is 0 Å². The molecule has 0 aliphatic heterocycles. The first-order chi connectivity index (χ1) is 9.67. The first kappa shape index (κ1) is 12.7. The van der Waals surface area contributed by atoms with Crippen LogP contribution in [0.5, 0.6) is 0 Å². The maximum Gasteiger partial charge on any atom is 0.137 e. The van der Waals surface area contributed by atoms with Gasteiger partial charge in [-0.3, -0.25) is 0 Å². The maximum atomic E-state index is 4.71. The topological polar surface area (TPSA) is 29.3 Å². The zero-order valence-electron chi connectivity index (χ0n) is 12.1. The molecule has 0 atom stereocenters. The molecule has 0 unspecified atom stereocenters. The Kier molecular flexibility index (Phi) is 3.18. The number of nitrogens with zero attached hydrogens (tertiary/aromatic N) is 2. The van der Waals surface area contributed by atoms with Crippen molar-refractivity contribution < 1.29 is 0 Å². The van der Waals surface area contributed by atoms with E-state index in [0.29, 0.717) is 0 Å². The van der Waals surface area contributed by atoms with E-state index in [2.05, 4.69) is 67.1 Å². The Morgan fingerprint density at radius 3 is 2.70 bits per heavy atom. The molecule has 1 N–H and O–H groups in total. The highest BCUT2D eigenvalue weighted by Crippen LogP contribution is 2.24. The van der Waals surface area contributed by atoms with E-state index in [1.807, 2.05) is 6.07 Å². The number of benzene rings is 1. The van der Waals surface area contributed by atoms with E-state index in [1.54, 1.807) is 0 Å². The number of anilines is 1. The number of nitrogens with one attached hydrogen (secondary N) is 1. The van der Waals surface area contributed by atoms with Crippen LogP contribution in [0.4, 0.5) is 5.69 Å². The minimum absolute atomic E-state index is 0.921. The smallest absolute Gasteiger partial charge is 0.137 e. The monoisotopic (exact) mass is 265 g/mol. The van der Waals surface area contributed by atoms with Gasteiger partial charge in [-0.1, -0.05) is 23.8 Å². The summed E-state index contributed by atoms with van der Waals surface area (Å²) < 4.78 is 2.08. The van der Waals surface area contributed by atoms with Gasteiger partial charge in [-0.05, 0) is 38.5 Å². The highest BCUT2D eigenvalue weighted by atomic mass is 15.0. The van der Waals surface area contributed by atoms with Crippen LogP contribution < -0.4 is 5.32 Å². The predicted octanol–water partition coefficient (Wildman–Crippen LogP) is 4.05. The van der Waals surface area contributed by atoms with E-state index in [4.69, 9.17) is 4.98 Å². The van der Waals surface area contributed by atoms with Crippen LogP contribution in [0.1, 0.15) is 18.1 Å². The van der Waals surface area contributed by atoms with Crippen molar-refractivity contribution in [3.8, 4) is 11.3 Å². The molecule has 0 bridgehead atoms. The van der Waals surface area contributed by atoms with Crippen LogP contribution in [0.15, 0.2) is 42.7 Å². The summed E-state index contributed by atoms with van der Waals surface area (Å²) in [5.74, 6) is 0. The van der Waals surface area contributed by atoms with Gasteiger partial charge in [0.05, 0.1) is 11.4 Å². The number of rotatable bonds is 3. The molecule has 2 heterocycles. The number of imidazole rings is 1. The van der Waals surface area contributed by atoms with Crippen molar-refractivity contribution in [2.24, 2.45) is 0 Å². The summed E-state index contributed by atoms with van der Waals surface area (Å²) >= 11 is 0. The highest BCUT2D eigenvalue weighted by molar-refractivity contribution is 5.67. The number of pyridine rings is 1. The lowest BCUT2D eigenvalue weighted by Gasteiger charge is -2.03. The van der Waals surface area contributed by atoms with Gasteiger partial charge >= 0.3 is 0 Å². The van der Waals surface area contributed by atoms with Gasteiger partial charge in [-0.2, -0.15) is 0 Å². The van der Waals surface area contributed by atoms with Gasteiger partial charge < -0.3 is 9.72 Å². The average Bonchev–Trinajstić information content (AvgIpc) is 2.81. The third-order valence-electron chi connectivity index (χ3n) is 3.49. The van der Waals surface area contributed by atoms with Crippen LogP contribution in [-0.4, -0.2) is 15.9 Å². The van der Waals surface area contributed by atoms with Crippen LogP contribution in [0, 0.1) is 13.8 Å². The van der Waals surface area contributed by atoms with Crippen LogP contribution >= 0.6 is 0 Å². The van der Waals surface area contributed by atoms with Gasteiger partial charge in [-0.25, -0.2) is 4.98 Å². The summed E-state index contributed by atoms with van der Waals surface area (Å²) in [4.78, 5) is 4.71.